The van der Waals surface area contributed by atoms with Gasteiger partial charge in [0.05, 0.1) is 6.33 Å². The van der Waals surface area contributed by atoms with Gasteiger partial charge in [0.25, 0.3) is 0 Å². The molecule has 23 heavy (non-hydrogen) atoms. The van der Waals surface area contributed by atoms with Crippen molar-refractivity contribution in [2.45, 2.75) is 6.42 Å². The molecular weight excluding hydrogens is 350 g/mol. The van der Waals surface area contributed by atoms with Gasteiger partial charge in [-0.05, 0) is 35.9 Å². The highest BCUT2D eigenvalue weighted by Gasteiger charge is 2.02. The van der Waals surface area contributed by atoms with Gasteiger partial charge in [-0.3, -0.25) is 4.98 Å². The van der Waals surface area contributed by atoms with E-state index in [0.717, 1.165) is 27.8 Å². The van der Waals surface area contributed by atoms with Crippen LogP contribution in [0, 0.1) is 0 Å². The van der Waals surface area contributed by atoms with Crippen molar-refractivity contribution in [3.8, 4) is 0 Å². The molecule has 0 aliphatic rings. The number of aromatic nitrogens is 3. The SMILES string of the molecule is Brc1ccc(/C=C/C=C(/Cc2ccccn2)n2ccnc2)cc1. The second kappa shape index (κ2) is 7.70. The van der Waals surface area contributed by atoms with Crippen LogP contribution in [-0.2, 0) is 6.42 Å². The van der Waals surface area contributed by atoms with Crippen molar-refractivity contribution in [3.63, 3.8) is 0 Å². The Hall–Kier alpha value is -2.46. The second-order valence-electron chi connectivity index (χ2n) is 5.04. The van der Waals surface area contributed by atoms with Crippen molar-refractivity contribution in [1.29, 1.82) is 0 Å². The number of benzene rings is 1. The molecule has 0 unspecified atom stereocenters. The molecule has 0 saturated carbocycles. The van der Waals surface area contributed by atoms with Crippen LogP contribution >= 0.6 is 15.9 Å². The van der Waals surface area contributed by atoms with Crippen molar-refractivity contribution in [1.82, 2.24) is 14.5 Å². The summed E-state index contributed by atoms with van der Waals surface area (Å²) in [5.41, 5.74) is 3.31. The predicted octanol–water partition coefficient (Wildman–Crippen LogP) is 4.84. The summed E-state index contributed by atoms with van der Waals surface area (Å²) in [5.74, 6) is 0. The number of hydrogen-bond acceptors (Lipinski definition) is 2. The zero-order valence-corrected chi connectivity index (χ0v) is 14.1. The summed E-state index contributed by atoms with van der Waals surface area (Å²) in [7, 11) is 0. The maximum atomic E-state index is 4.40. The van der Waals surface area contributed by atoms with Gasteiger partial charge in [0.15, 0.2) is 0 Å². The minimum absolute atomic E-state index is 0.752. The van der Waals surface area contributed by atoms with Gasteiger partial charge < -0.3 is 4.57 Å². The Morgan fingerprint density at radius 3 is 2.65 bits per heavy atom. The zero-order chi connectivity index (χ0) is 15.9. The fourth-order valence-electron chi connectivity index (χ4n) is 2.20. The number of hydrogen-bond donors (Lipinski definition) is 0. The van der Waals surface area contributed by atoms with Crippen LogP contribution in [0.3, 0.4) is 0 Å². The van der Waals surface area contributed by atoms with E-state index in [4.69, 9.17) is 0 Å². The van der Waals surface area contributed by atoms with Crippen LogP contribution in [-0.4, -0.2) is 14.5 Å². The minimum atomic E-state index is 0.752. The van der Waals surface area contributed by atoms with E-state index in [1.54, 1.807) is 6.20 Å². The average molecular weight is 366 g/mol. The molecule has 0 bridgehead atoms. The number of rotatable bonds is 5. The molecule has 0 spiro atoms. The first-order valence-electron chi connectivity index (χ1n) is 7.32. The summed E-state index contributed by atoms with van der Waals surface area (Å²) < 4.78 is 3.10. The molecule has 2 heterocycles. The zero-order valence-electron chi connectivity index (χ0n) is 12.5. The van der Waals surface area contributed by atoms with E-state index in [9.17, 15) is 0 Å². The number of imidazole rings is 1. The van der Waals surface area contributed by atoms with Crippen LogP contribution in [0.2, 0.25) is 0 Å². The van der Waals surface area contributed by atoms with E-state index in [1.165, 1.54) is 0 Å². The molecule has 3 nitrogen and oxygen atoms in total. The molecule has 1 aromatic carbocycles. The van der Waals surface area contributed by atoms with E-state index in [-0.39, 0.29) is 0 Å². The van der Waals surface area contributed by atoms with Crippen LogP contribution < -0.4 is 0 Å². The first-order chi connectivity index (χ1) is 11.3. The molecule has 0 amide bonds. The van der Waals surface area contributed by atoms with Gasteiger partial charge in [0, 0.05) is 40.9 Å². The van der Waals surface area contributed by atoms with Gasteiger partial charge in [0.1, 0.15) is 0 Å². The molecule has 3 rings (SSSR count). The van der Waals surface area contributed by atoms with Crippen molar-refractivity contribution < 1.29 is 0 Å². The van der Waals surface area contributed by atoms with Crippen LogP contribution in [0.5, 0.6) is 0 Å². The molecule has 0 atom stereocenters. The Bertz CT molecular complexity index is 788. The maximum Gasteiger partial charge on any atom is 0.0989 e. The van der Waals surface area contributed by atoms with Crippen LogP contribution in [0.1, 0.15) is 11.3 Å². The van der Waals surface area contributed by atoms with E-state index in [0.29, 0.717) is 0 Å². The quantitative estimate of drug-likeness (QED) is 0.605. The summed E-state index contributed by atoms with van der Waals surface area (Å²) >= 11 is 3.45. The first kappa shape index (κ1) is 15.4. The number of halogens is 1. The smallest absolute Gasteiger partial charge is 0.0989 e. The molecule has 0 N–H and O–H groups in total. The van der Waals surface area contributed by atoms with Crippen LogP contribution in [0.25, 0.3) is 11.8 Å². The highest BCUT2D eigenvalue weighted by molar-refractivity contribution is 9.10. The topological polar surface area (TPSA) is 30.7 Å². The van der Waals surface area contributed by atoms with Crippen molar-refractivity contribution in [2.24, 2.45) is 0 Å². The molecule has 2 aromatic heterocycles. The molecule has 114 valence electrons. The molecule has 0 radical (unpaired) electrons. The molecule has 0 aliphatic carbocycles. The Morgan fingerprint density at radius 1 is 1.09 bits per heavy atom. The summed E-state index contributed by atoms with van der Waals surface area (Å²) in [6.07, 6.45) is 14.3. The van der Waals surface area contributed by atoms with Gasteiger partial charge >= 0.3 is 0 Å². The lowest BCUT2D eigenvalue weighted by molar-refractivity contribution is 0.993. The lowest BCUT2D eigenvalue weighted by Gasteiger charge is -2.07. The van der Waals surface area contributed by atoms with Crippen molar-refractivity contribution in [2.75, 3.05) is 0 Å². The maximum absolute atomic E-state index is 4.40. The van der Waals surface area contributed by atoms with E-state index in [2.05, 4.69) is 56.3 Å². The number of allylic oxidation sites excluding steroid dienone is 3. The summed E-state index contributed by atoms with van der Waals surface area (Å²) in [6, 6.07) is 14.2. The second-order valence-corrected chi connectivity index (χ2v) is 5.95. The third-order valence-corrected chi connectivity index (χ3v) is 3.90. The van der Waals surface area contributed by atoms with E-state index in [1.807, 2.05) is 53.6 Å². The monoisotopic (exact) mass is 365 g/mol. The van der Waals surface area contributed by atoms with Crippen molar-refractivity contribution in [3.05, 3.63) is 95.3 Å². The van der Waals surface area contributed by atoms with Gasteiger partial charge in [-0.2, -0.15) is 0 Å². The largest absolute Gasteiger partial charge is 0.310 e. The molecule has 0 saturated heterocycles. The molecular formula is C19H16BrN3. The Balaban J connectivity index is 1.81. The normalized spacial score (nSPS) is 12.0. The summed E-state index contributed by atoms with van der Waals surface area (Å²) in [6.45, 7) is 0. The predicted molar refractivity (Wildman–Crippen MR) is 97.6 cm³/mol. The number of nitrogens with zero attached hydrogens (tertiary/aromatic N) is 3. The Labute approximate surface area is 144 Å². The fourth-order valence-corrected chi connectivity index (χ4v) is 2.46. The summed E-state index contributed by atoms with van der Waals surface area (Å²) in [5, 5.41) is 0. The fraction of sp³-hybridized carbons (Fsp3) is 0.0526. The highest BCUT2D eigenvalue weighted by Crippen LogP contribution is 2.14. The van der Waals surface area contributed by atoms with Gasteiger partial charge in [-0.15, -0.1) is 0 Å². The summed E-state index contributed by atoms with van der Waals surface area (Å²) in [4.78, 5) is 8.53. The van der Waals surface area contributed by atoms with Crippen LogP contribution in [0.4, 0.5) is 0 Å². The van der Waals surface area contributed by atoms with Gasteiger partial charge in [-0.25, -0.2) is 4.98 Å². The third kappa shape index (κ3) is 4.50. The van der Waals surface area contributed by atoms with Gasteiger partial charge in [-0.1, -0.05) is 46.3 Å². The lowest BCUT2D eigenvalue weighted by Crippen LogP contribution is -1.99. The Morgan fingerprint density at radius 2 is 1.96 bits per heavy atom. The number of pyridine rings is 1. The standard InChI is InChI=1S/C19H16BrN3/c20-17-9-7-16(8-10-17)4-3-6-19(23-13-12-21-15-23)14-18-5-1-2-11-22-18/h1-13,15H,14H2/b4-3+,19-6-. The molecule has 3 aromatic rings. The van der Waals surface area contributed by atoms with Crippen molar-refractivity contribution >= 4 is 27.7 Å². The molecule has 0 fully saturated rings. The molecule has 4 heteroatoms. The van der Waals surface area contributed by atoms with E-state index >= 15 is 0 Å². The Kier molecular flexibility index (Phi) is 5.17. The van der Waals surface area contributed by atoms with Crippen LogP contribution in [0.15, 0.2) is 84.0 Å². The third-order valence-electron chi connectivity index (χ3n) is 3.37. The van der Waals surface area contributed by atoms with E-state index < -0.39 is 0 Å². The molecule has 0 aliphatic heterocycles. The minimum Gasteiger partial charge on any atom is -0.310 e. The van der Waals surface area contributed by atoms with Gasteiger partial charge in [0.2, 0.25) is 0 Å². The first-order valence-corrected chi connectivity index (χ1v) is 8.11. The highest BCUT2D eigenvalue weighted by atomic mass is 79.9. The lowest BCUT2D eigenvalue weighted by atomic mass is 10.1. The average Bonchev–Trinajstić information content (AvgIpc) is 3.11.